The van der Waals surface area contributed by atoms with Crippen LogP contribution in [-0.2, 0) is 6.54 Å². The number of aromatic nitrogens is 1. The largest absolute Gasteiger partial charge is 0.497 e. The van der Waals surface area contributed by atoms with E-state index in [1.54, 1.807) is 25.4 Å². The molecule has 0 saturated carbocycles. The third-order valence-electron chi connectivity index (χ3n) is 5.16. The number of ether oxygens (including phenoxy) is 2. The van der Waals surface area contributed by atoms with Crippen LogP contribution in [0.4, 0.5) is 0 Å². The quantitative estimate of drug-likeness (QED) is 0.626. The molecule has 1 saturated heterocycles. The summed E-state index contributed by atoms with van der Waals surface area (Å²) in [6.07, 6.45) is 1.64. The summed E-state index contributed by atoms with van der Waals surface area (Å²) in [5, 5.41) is 0. The summed E-state index contributed by atoms with van der Waals surface area (Å²) >= 11 is 0. The molecule has 3 aromatic rings. The van der Waals surface area contributed by atoms with Crippen LogP contribution in [0.3, 0.4) is 0 Å². The van der Waals surface area contributed by atoms with E-state index in [0.29, 0.717) is 30.3 Å². The lowest BCUT2D eigenvalue weighted by atomic mass is 10.1. The van der Waals surface area contributed by atoms with Crippen molar-refractivity contribution in [2.45, 2.75) is 6.54 Å². The number of pyridine rings is 1. The van der Waals surface area contributed by atoms with Gasteiger partial charge in [0.1, 0.15) is 17.1 Å². The molecule has 0 unspecified atom stereocenters. The molecule has 1 amide bonds. The number of methoxy groups -OCH3 is 1. The fourth-order valence-corrected chi connectivity index (χ4v) is 3.54. The smallest absolute Gasteiger partial charge is 0.259 e. The minimum Gasteiger partial charge on any atom is -0.497 e. The highest BCUT2D eigenvalue weighted by Crippen LogP contribution is 2.24. The number of hydrogen-bond acceptors (Lipinski definition) is 5. The van der Waals surface area contributed by atoms with Crippen molar-refractivity contribution in [3.63, 3.8) is 0 Å². The van der Waals surface area contributed by atoms with Crippen LogP contribution in [0.25, 0.3) is 0 Å². The van der Waals surface area contributed by atoms with Gasteiger partial charge in [0.05, 0.1) is 7.11 Å². The van der Waals surface area contributed by atoms with Gasteiger partial charge in [-0.15, -0.1) is 0 Å². The molecule has 0 aliphatic carbocycles. The highest BCUT2D eigenvalue weighted by atomic mass is 16.5. The first kappa shape index (κ1) is 19.9. The summed E-state index contributed by atoms with van der Waals surface area (Å²) in [6, 6.07) is 21.0. The molecule has 0 N–H and O–H groups in total. The van der Waals surface area contributed by atoms with Crippen LogP contribution in [0.15, 0.2) is 72.9 Å². The van der Waals surface area contributed by atoms with E-state index in [0.717, 1.165) is 25.4 Å². The van der Waals surface area contributed by atoms with Crippen molar-refractivity contribution in [3.05, 3.63) is 84.1 Å². The monoisotopic (exact) mass is 403 g/mol. The maximum Gasteiger partial charge on any atom is 0.259 e. The Morgan fingerprint density at radius 1 is 0.933 bits per heavy atom. The predicted molar refractivity (Wildman–Crippen MR) is 115 cm³/mol. The summed E-state index contributed by atoms with van der Waals surface area (Å²) in [6.45, 7) is 3.82. The van der Waals surface area contributed by atoms with Crippen molar-refractivity contribution in [3.8, 4) is 17.4 Å². The van der Waals surface area contributed by atoms with Gasteiger partial charge in [-0.05, 0) is 42.0 Å². The van der Waals surface area contributed by atoms with Crippen molar-refractivity contribution < 1.29 is 14.3 Å². The molecular formula is C24H25N3O3. The molecule has 1 fully saturated rings. The zero-order chi connectivity index (χ0) is 20.8. The molecule has 1 aromatic heterocycles. The van der Waals surface area contributed by atoms with Crippen molar-refractivity contribution in [1.29, 1.82) is 0 Å². The van der Waals surface area contributed by atoms with Gasteiger partial charge in [0, 0.05) is 38.9 Å². The third-order valence-corrected chi connectivity index (χ3v) is 5.16. The Bertz CT molecular complexity index is 986. The van der Waals surface area contributed by atoms with Gasteiger partial charge in [0.25, 0.3) is 5.91 Å². The summed E-state index contributed by atoms with van der Waals surface area (Å²) in [7, 11) is 1.68. The minimum absolute atomic E-state index is 0.0462. The molecule has 154 valence electrons. The molecule has 0 spiro atoms. The zero-order valence-corrected chi connectivity index (χ0v) is 17.0. The van der Waals surface area contributed by atoms with E-state index < -0.39 is 0 Å². The number of para-hydroxylation sites is 1. The minimum atomic E-state index is -0.0462. The average Bonchev–Trinajstić information content (AvgIpc) is 2.80. The number of piperazine rings is 1. The van der Waals surface area contributed by atoms with E-state index in [-0.39, 0.29) is 5.91 Å². The second-order valence-corrected chi connectivity index (χ2v) is 7.19. The number of amides is 1. The topological polar surface area (TPSA) is 54.9 Å². The normalized spacial score (nSPS) is 14.4. The van der Waals surface area contributed by atoms with Crippen LogP contribution in [0.5, 0.6) is 17.4 Å². The van der Waals surface area contributed by atoms with E-state index >= 15 is 0 Å². The number of carbonyl (C=O) groups excluding carboxylic acids is 1. The molecular weight excluding hydrogens is 378 g/mol. The van der Waals surface area contributed by atoms with Crippen molar-refractivity contribution >= 4 is 5.91 Å². The van der Waals surface area contributed by atoms with E-state index in [1.807, 2.05) is 47.4 Å². The van der Waals surface area contributed by atoms with Gasteiger partial charge in [0.2, 0.25) is 5.88 Å². The maximum absolute atomic E-state index is 13.1. The number of nitrogens with zero attached hydrogens (tertiary/aromatic N) is 3. The Morgan fingerprint density at radius 3 is 2.47 bits per heavy atom. The number of rotatable bonds is 6. The van der Waals surface area contributed by atoms with Crippen LogP contribution < -0.4 is 9.47 Å². The fraction of sp³-hybridized carbons (Fsp3) is 0.250. The van der Waals surface area contributed by atoms with Crippen molar-refractivity contribution in [1.82, 2.24) is 14.8 Å². The molecule has 6 nitrogen and oxygen atoms in total. The Hall–Kier alpha value is -3.38. The highest BCUT2D eigenvalue weighted by molar-refractivity contribution is 5.96. The molecule has 0 bridgehead atoms. The van der Waals surface area contributed by atoms with Gasteiger partial charge in [-0.1, -0.05) is 30.3 Å². The van der Waals surface area contributed by atoms with Crippen LogP contribution in [0.1, 0.15) is 15.9 Å². The zero-order valence-electron chi connectivity index (χ0n) is 17.0. The highest BCUT2D eigenvalue weighted by Gasteiger charge is 2.25. The van der Waals surface area contributed by atoms with Gasteiger partial charge in [-0.25, -0.2) is 4.98 Å². The first-order chi connectivity index (χ1) is 14.7. The van der Waals surface area contributed by atoms with Crippen LogP contribution in [0, 0.1) is 0 Å². The number of benzene rings is 2. The van der Waals surface area contributed by atoms with Crippen LogP contribution in [0.2, 0.25) is 0 Å². The van der Waals surface area contributed by atoms with E-state index in [4.69, 9.17) is 9.47 Å². The molecule has 2 aromatic carbocycles. The molecule has 2 heterocycles. The molecule has 1 aliphatic heterocycles. The van der Waals surface area contributed by atoms with Crippen molar-refractivity contribution in [2.24, 2.45) is 0 Å². The second kappa shape index (κ2) is 9.41. The average molecular weight is 403 g/mol. The van der Waals surface area contributed by atoms with Gasteiger partial charge in [-0.3, -0.25) is 9.69 Å². The Balaban J connectivity index is 1.39. The lowest BCUT2D eigenvalue weighted by molar-refractivity contribution is 0.0625. The molecule has 0 radical (unpaired) electrons. The van der Waals surface area contributed by atoms with E-state index in [1.165, 1.54) is 5.56 Å². The standard InChI is InChI=1S/C24H25N3O3/c1-29-21-10-5-7-19(17-21)18-26-13-15-27(16-14-26)24(28)22-11-6-12-25-23(22)30-20-8-3-2-4-9-20/h2-12,17H,13-16,18H2,1H3. The predicted octanol–water partition coefficient (Wildman–Crippen LogP) is 3.84. The van der Waals surface area contributed by atoms with Gasteiger partial charge in [-0.2, -0.15) is 0 Å². The molecule has 30 heavy (non-hydrogen) atoms. The first-order valence-electron chi connectivity index (χ1n) is 10.1. The third kappa shape index (κ3) is 4.78. The Labute approximate surface area is 176 Å². The van der Waals surface area contributed by atoms with Gasteiger partial charge in [0.15, 0.2) is 0 Å². The van der Waals surface area contributed by atoms with Gasteiger partial charge >= 0.3 is 0 Å². The second-order valence-electron chi connectivity index (χ2n) is 7.19. The molecule has 0 atom stereocenters. The number of hydrogen-bond donors (Lipinski definition) is 0. The summed E-state index contributed by atoms with van der Waals surface area (Å²) in [5.74, 6) is 1.82. The molecule has 4 rings (SSSR count). The summed E-state index contributed by atoms with van der Waals surface area (Å²) in [5.41, 5.74) is 1.70. The summed E-state index contributed by atoms with van der Waals surface area (Å²) < 4.78 is 11.2. The first-order valence-corrected chi connectivity index (χ1v) is 10.1. The molecule has 6 heteroatoms. The van der Waals surface area contributed by atoms with Crippen molar-refractivity contribution in [2.75, 3.05) is 33.3 Å². The van der Waals surface area contributed by atoms with Crippen LogP contribution in [-0.4, -0.2) is 54.0 Å². The van der Waals surface area contributed by atoms with E-state index in [9.17, 15) is 4.79 Å². The van der Waals surface area contributed by atoms with E-state index in [2.05, 4.69) is 22.0 Å². The Kier molecular flexibility index (Phi) is 6.25. The van der Waals surface area contributed by atoms with Gasteiger partial charge < -0.3 is 14.4 Å². The SMILES string of the molecule is COc1cccc(CN2CCN(C(=O)c3cccnc3Oc3ccccc3)CC2)c1. The lowest BCUT2D eigenvalue weighted by Gasteiger charge is -2.35. The maximum atomic E-state index is 13.1. The number of carbonyl (C=O) groups is 1. The van der Waals surface area contributed by atoms with Crippen LogP contribution >= 0.6 is 0 Å². The lowest BCUT2D eigenvalue weighted by Crippen LogP contribution is -2.48. The summed E-state index contributed by atoms with van der Waals surface area (Å²) in [4.78, 5) is 21.6. The fourth-order valence-electron chi connectivity index (χ4n) is 3.54. The molecule has 1 aliphatic rings. The Morgan fingerprint density at radius 2 is 1.70 bits per heavy atom.